The molecular formula is C16H23ClO. The molecular weight excluding hydrogens is 244 g/mol. The van der Waals surface area contributed by atoms with E-state index in [1.807, 2.05) is 0 Å². The van der Waals surface area contributed by atoms with Gasteiger partial charge in [-0.15, -0.1) is 11.6 Å². The number of alkyl halides is 1. The topological polar surface area (TPSA) is 9.23 Å². The van der Waals surface area contributed by atoms with Crippen molar-refractivity contribution >= 4 is 11.6 Å². The molecule has 0 bridgehead atoms. The summed E-state index contributed by atoms with van der Waals surface area (Å²) in [6.45, 7) is 9.59. The molecule has 0 spiro atoms. The summed E-state index contributed by atoms with van der Waals surface area (Å²) in [4.78, 5) is 0. The minimum atomic E-state index is 0.0731. The van der Waals surface area contributed by atoms with E-state index in [-0.39, 0.29) is 10.8 Å². The molecule has 1 nitrogen and oxygen atoms in total. The third kappa shape index (κ3) is 3.07. The van der Waals surface area contributed by atoms with Crippen LogP contribution in [0.15, 0.2) is 24.3 Å². The van der Waals surface area contributed by atoms with E-state index in [1.54, 1.807) is 0 Å². The predicted octanol–water partition coefficient (Wildman–Crippen LogP) is 4.69. The highest BCUT2D eigenvalue weighted by Crippen LogP contribution is 2.37. The van der Waals surface area contributed by atoms with Gasteiger partial charge >= 0.3 is 0 Å². The molecule has 0 amide bonds. The van der Waals surface area contributed by atoms with E-state index >= 15 is 0 Å². The first-order valence-electron chi connectivity index (χ1n) is 6.74. The van der Waals surface area contributed by atoms with Crippen molar-refractivity contribution in [2.24, 2.45) is 5.92 Å². The molecule has 0 N–H and O–H groups in total. The fourth-order valence-electron chi connectivity index (χ4n) is 2.49. The summed E-state index contributed by atoms with van der Waals surface area (Å²) in [7, 11) is 0. The van der Waals surface area contributed by atoms with Gasteiger partial charge in [-0.1, -0.05) is 45.0 Å². The van der Waals surface area contributed by atoms with Gasteiger partial charge in [-0.3, -0.25) is 0 Å². The van der Waals surface area contributed by atoms with E-state index in [9.17, 15) is 0 Å². The lowest BCUT2D eigenvalue weighted by Crippen LogP contribution is -2.12. The van der Waals surface area contributed by atoms with Crippen LogP contribution in [0.4, 0.5) is 0 Å². The molecule has 1 aliphatic heterocycles. The van der Waals surface area contributed by atoms with Crippen molar-refractivity contribution in [3.63, 3.8) is 0 Å². The Morgan fingerprint density at radius 2 is 1.83 bits per heavy atom. The van der Waals surface area contributed by atoms with E-state index in [1.165, 1.54) is 11.1 Å². The van der Waals surface area contributed by atoms with E-state index in [4.69, 9.17) is 16.3 Å². The van der Waals surface area contributed by atoms with E-state index in [0.717, 1.165) is 13.0 Å². The number of benzene rings is 1. The summed E-state index contributed by atoms with van der Waals surface area (Å²) in [6, 6.07) is 8.73. The van der Waals surface area contributed by atoms with E-state index in [2.05, 4.69) is 52.0 Å². The highest BCUT2D eigenvalue weighted by Gasteiger charge is 2.29. The van der Waals surface area contributed by atoms with E-state index in [0.29, 0.717) is 12.0 Å². The van der Waals surface area contributed by atoms with Gasteiger partial charge in [0.1, 0.15) is 0 Å². The number of rotatable bonds is 2. The van der Waals surface area contributed by atoms with Crippen molar-refractivity contribution in [2.45, 2.75) is 51.0 Å². The molecule has 1 heterocycles. The zero-order valence-corrected chi connectivity index (χ0v) is 12.5. The van der Waals surface area contributed by atoms with Crippen molar-refractivity contribution < 1.29 is 4.74 Å². The molecule has 1 saturated heterocycles. The Morgan fingerprint density at radius 3 is 2.28 bits per heavy atom. The zero-order valence-electron chi connectivity index (χ0n) is 11.7. The van der Waals surface area contributed by atoms with Crippen LogP contribution in [0, 0.1) is 5.92 Å². The zero-order chi connectivity index (χ0) is 13.3. The van der Waals surface area contributed by atoms with Crippen LogP contribution in [0.1, 0.15) is 50.6 Å². The molecule has 1 fully saturated rings. The second kappa shape index (κ2) is 5.22. The molecule has 1 aromatic carbocycles. The van der Waals surface area contributed by atoms with Gasteiger partial charge in [0.2, 0.25) is 0 Å². The molecule has 18 heavy (non-hydrogen) atoms. The van der Waals surface area contributed by atoms with Gasteiger partial charge in [-0.2, -0.15) is 0 Å². The maximum Gasteiger partial charge on any atom is 0.0636 e. The van der Waals surface area contributed by atoms with Crippen molar-refractivity contribution in [1.29, 1.82) is 0 Å². The lowest BCUT2D eigenvalue weighted by atomic mass is 9.86. The van der Waals surface area contributed by atoms with Crippen LogP contribution in [-0.4, -0.2) is 12.7 Å². The average Bonchev–Trinajstić information content (AvgIpc) is 2.74. The molecule has 0 radical (unpaired) electrons. The lowest BCUT2D eigenvalue weighted by molar-refractivity contribution is 0.120. The molecule has 1 aromatic rings. The van der Waals surface area contributed by atoms with Gasteiger partial charge in [-0.05, 0) is 29.9 Å². The normalized spacial score (nSPS) is 26.3. The molecule has 2 heteroatoms. The van der Waals surface area contributed by atoms with Crippen molar-refractivity contribution in [1.82, 2.24) is 0 Å². The summed E-state index contributed by atoms with van der Waals surface area (Å²) in [5.74, 6) is 0.446. The summed E-state index contributed by atoms with van der Waals surface area (Å²) in [5, 5.41) is 0.0731. The Bertz CT molecular complexity index is 391. The quantitative estimate of drug-likeness (QED) is 0.706. The van der Waals surface area contributed by atoms with Crippen LogP contribution in [0.2, 0.25) is 0 Å². The smallest absolute Gasteiger partial charge is 0.0636 e. The summed E-state index contributed by atoms with van der Waals surface area (Å²) < 4.78 is 5.60. The third-order valence-electron chi connectivity index (χ3n) is 3.74. The van der Waals surface area contributed by atoms with Crippen LogP contribution < -0.4 is 0 Å². The lowest BCUT2D eigenvalue weighted by Gasteiger charge is -2.21. The number of halogens is 1. The van der Waals surface area contributed by atoms with Crippen LogP contribution >= 0.6 is 11.6 Å². The second-order valence-electron chi connectivity index (χ2n) is 6.41. The maximum absolute atomic E-state index is 6.56. The Kier molecular flexibility index (Phi) is 4.03. The highest BCUT2D eigenvalue weighted by atomic mass is 35.5. The van der Waals surface area contributed by atoms with Gasteiger partial charge in [0, 0.05) is 5.92 Å². The van der Waals surface area contributed by atoms with Gasteiger partial charge in [0.05, 0.1) is 18.1 Å². The van der Waals surface area contributed by atoms with Gasteiger partial charge < -0.3 is 4.74 Å². The minimum Gasteiger partial charge on any atom is -0.378 e. The molecule has 0 aliphatic carbocycles. The van der Waals surface area contributed by atoms with Crippen molar-refractivity contribution in [3.05, 3.63) is 35.4 Å². The maximum atomic E-state index is 6.56. The first kappa shape index (κ1) is 13.9. The van der Waals surface area contributed by atoms with Crippen LogP contribution in [-0.2, 0) is 10.2 Å². The average molecular weight is 267 g/mol. The molecule has 0 saturated carbocycles. The molecule has 2 rings (SSSR count). The van der Waals surface area contributed by atoms with Gasteiger partial charge in [-0.25, -0.2) is 0 Å². The number of hydrogen-bond donors (Lipinski definition) is 0. The molecule has 100 valence electrons. The summed E-state index contributed by atoms with van der Waals surface area (Å²) in [5.41, 5.74) is 2.77. The Hall–Kier alpha value is -0.530. The Balaban J connectivity index is 2.10. The van der Waals surface area contributed by atoms with Crippen LogP contribution in [0.3, 0.4) is 0 Å². The second-order valence-corrected chi connectivity index (χ2v) is 6.88. The number of hydrogen-bond acceptors (Lipinski definition) is 1. The predicted molar refractivity (Wildman–Crippen MR) is 77.3 cm³/mol. The highest BCUT2D eigenvalue weighted by molar-refractivity contribution is 6.21. The molecule has 3 unspecified atom stereocenters. The third-order valence-corrected chi connectivity index (χ3v) is 4.35. The van der Waals surface area contributed by atoms with Crippen molar-refractivity contribution in [2.75, 3.05) is 6.61 Å². The van der Waals surface area contributed by atoms with Gasteiger partial charge in [0.15, 0.2) is 0 Å². The van der Waals surface area contributed by atoms with Crippen molar-refractivity contribution in [3.8, 4) is 0 Å². The standard InChI is InChI=1S/C16H23ClO/c1-11-9-13(10-18-11)15(17)12-5-7-14(8-6-12)16(2,3)4/h5-8,11,13,15H,9-10H2,1-4H3. The molecule has 0 aromatic heterocycles. The SMILES string of the molecule is CC1CC(C(Cl)c2ccc(C(C)(C)C)cc2)CO1. The number of ether oxygens (including phenoxy) is 1. The molecule has 1 aliphatic rings. The largest absolute Gasteiger partial charge is 0.378 e. The summed E-state index contributed by atoms with van der Waals surface area (Å²) in [6.07, 6.45) is 1.42. The fourth-order valence-corrected chi connectivity index (χ4v) is 2.81. The first-order chi connectivity index (χ1) is 8.38. The monoisotopic (exact) mass is 266 g/mol. The Morgan fingerprint density at radius 1 is 1.22 bits per heavy atom. The minimum absolute atomic E-state index is 0.0731. The fraction of sp³-hybridized carbons (Fsp3) is 0.625. The van der Waals surface area contributed by atoms with Crippen LogP contribution in [0.25, 0.3) is 0 Å². The van der Waals surface area contributed by atoms with Gasteiger partial charge in [0.25, 0.3) is 0 Å². The van der Waals surface area contributed by atoms with E-state index < -0.39 is 0 Å². The molecule has 3 atom stereocenters. The summed E-state index contributed by atoms with van der Waals surface area (Å²) >= 11 is 6.56. The Labute approximate surface area is 115 Å². The first-order valence-corrected chi connectivity index (χ1v) is 7.17. The van der Waals surface area contributed by atoms with Crippen LogP contribution in [0.5, 0.6) is 0 Å².